The van der Waals surface area contributed by atoms with E-state index in [0.29, 0.717) is 18.1 Å². The lowest BCUT2D eigenvalue weighted by molar-refractivity contribution is -0.657. The van der Waals surface area contributed by atoms with Gasteiger partial charge >= 0.3 is 5.95 Å². The Bertz CT molecular complexity index is 907. The Hall–Kier alpha value is -2.70. The van der Waals surface area contributed by atoms with Crippen LogP contribution in [0.3, 0.4) is 0 Å². The van der Waals surface area contributed by atoms with Crippen LogP contribution in [-0.4, -0.2) is 30.6 Å². The Labute approximate surface area is 156 Å². The summed E-state index contributed by atoms with van der Waals surface area (Å²) in [5.74, 6) is -0.0548. The van der Waals surface area contributed by atoms with Gasteiger partial charge < -0.3 is 9.87 Å². The molecule has 0 saturated heterocycles. The van der Waals surface area contributed by atoms with Crippen molar-refractivity contribution in [2.45, 2.75) is 13.3 Å². The molecule has 1 heterocycles. The van der Waals surface area contributed by atoms with Gasteiger partial charge in [0.05, 0.1) is 33.6 Å². The number of amides is 1. The Morgan fingerprint density at radius 2 is 2.04 bits per heavy atom. The predicted molar refractivity (Wildman–Crippen MR) is 92.8 cm³/mol. The SMILES string of the molecule is CCC(=O)Nc1ccc(F)c(N=Nc2n(C)cc[n+]2C)c1.COS(=O)(=O)[O-]. The van der Waals surface area contributed by atoms with Crippen LogP contribution in [0.4, 0.5) is 21.7 Å². The van der Waals surface area contributed by atoms with Crippen molar-refractivity contribution in [1.82, 2.24) is 4.57 Å². The van der Waals surface area contributed by atoms with Crippen molar-refractivity contribution in [3.63, 3.8) is 0 Å². The molecule has 2 aromatic rings. The fourth-order valence-electron chi connectivity index (χ4n) is 1.74. The number of rotatable bonds is 5. The number of imidazole rings is 1. The first-order valence-electron chi connectivity index (χ1n) is 7.61. The van der Waals surface area contributed by atoms with Crippen LogP contribution in [0.1, 0.15) is 13.3 Å². The van der Waals surface area contributed by atoms with Crippen LogP contribution in [0, 0.1) is 5.82 Å². The number of azo groups is 1. The Kier molecular flexibility index (Phi) is 8.15. The summed E-state index contributed by atoms with van der Waals surface area (Å²) < 4.78 is 48.3. The molecule has 1 aromatic heterocycles. The maximum absolute atomic E-state index is 13.7. The fraction of sp³-hybridized carbons (Fsp3) is 0.333. The number of carbonyl (C=O) groups excluding carboxylic acids is 1. The quantitative estimate of drug-likeness (QED) is 0.354. The molecule has 1 amide bonds. The minimum absolute atomic E-state index is 0.0742. The molecule has 0 bridgehead atoms. The third-order valence-electron chi connectivity index (χ3n) is 3.15. The summed E-state index contributed by atoms with van der Waals surface area (Å²) in [4.78, 5) is 11.3. The van der Waals surface area contributed by atoms with E-state index < -0.39 is 16.2 Å². The second kappa shape index (κ2) is 9.85. The van der Waals surface area contributed by atoms with Crippen molar-refractivity contribution in [2.75, 3.05) is 12.4 Å². The molecular weight excluding hydrogens is 381 g/mol. The van der Waals surface area contributed by atoms with Gasteiger partial charge in [0.25, 0.3) is 0 Å². The summed E-state index contributed by atoms with van der Waals surface area (Å²) in [6, 6.07) is 4.20. The topological polar surface area (TPSA) is 129 Å². The van der Waals surface area contributed by atoms with Gasteiger partial charge in [-0.05, 0) is 18.2 Å². The first-order chi connectivity index (χ1) is 12.6. The zero-order chi connectivity index (χ0) is 20.6. The molecule has 10 nitrogen and oxygen atoms in total. The van der Waals surface area contributed by atoms with Gasteiger partial charge in [0.1, 0.15) is 5.69 Å². The van der Waals surface area contributed by atoms with Crippen molar-refractivity contribution in [3.8, 4) is 0 Å². The highest BCUT2D eigenvalue weighted by molar-refractivity contribution is 7.80. The van der Waals surface area contributed by atoms with Crippen LogP contribution < -0.4 is 9.88 Å². The molecule has 2 rings (SSSR count). The molecule has 0 aliphatic rings. The molecule has 0 radical (unpaired) electrons. The van der Waals surface area contributed by atoms with Crippen LogP contribution in [0.15, 0.2) is 40.8 Å². The predicted octanol–water partition coefficient (Wildman–Crippen LogP) is 1.85. The van der Waals surface area contributed by atoms with Gasteiger partial charge in [0.2, 0.25) is 16.3 Å². The number of nitrogens with zero attached hydrogens (tertiary/aromatic N) is 4. The van der Waals surface area contributed by atoms with Gasteiger partial charge in [-0.3, -0.25) is 8.98 Å². The summed E-state index contributed by atoms with van der Waals surface area (Å²) in [7, 11) is 0.0399. The van der Waals surface area contributed by atoms with Gasteiger partial charge in [-0.1, -0.05) is 12.0 Å². The van der Waals surface area contributed by atoms with Crippen molar-refractivity contribution < 1.29 is 30.9 Å². The van der Waals surface area contributed by atoms with E-state index in [4.69, 9.17) is 0 Å². The van der Waals surface area contributed by atoms with E-state index in [1.165, 1.54) is 18.2 Å². The van der Waals surface area contributed by atoms with Crippen LogP contribution in [0.5, 0.6) is 0 Å². The van der Waals surface area contributed by atoms with Gasteiger partial charge in [0, 0.05) is 17.2 Å². The van der Waals surface area contributed by atoms with Gasteiger partial charge in [-0.15, -0.1) is 0 Å². The standard InChI is InChI=1S/C14H16FN5O.CH4O4S/c1-4-13(21)16-10-5-6-11(15)12(9-10)17-18-14-19(2)7-8-20(14)3;1-5-6(2,3)4/h5-9H,4H2,1-3H3;1H3,(H,2,3,4). The smallest absolute Gasteiger partial charge is 0.421 e. The lowest BCUT2D eigenvalue weighted by atomic mass is 10.2. The monoisotopic (exact) mass is 401 g/mol. The van der Waals surface area contributed by atoms with Crippen molar-refractivity contribution in [3.05, 3.63) is 36.4 Å². The Morgan fingerprint density at radius 3 is 2.52 bits per heavy atom. The van der Waals surface area contributed by atoms with Crippen molar-refractivity contribution >= 4 is 33.6 Å². The van der Waals surface area contributed by atoms with E-state index in [1.807, 2.05) is 26.5 Å². The van der Waals surface area contributed by atoms with E-state index in [9.17, 15) is 22.2 Å². The molecule has 0 aliphatic heterocycles. The molecule has 12 heteroatoms. The lowest BCUT2D eigenvalue weighted by Crippen LogP contribution is -2.25. The Balaban J connectivity index is 0.000000527. The summed E-state index contributed by atoms with van der Waals surface area (Å²) in [6.45, 7) is 1.74. The molecule has 0 spiro atoms. The highest BCUT2D eigenvalue weighted by atomic mass is 32.3. The number of benzene rings is 1. The van der Waals surface area contributed by atoms with E-state index in [1.54, 1.807) is 16.1 Å². The van der Waals surface area contributed by atoms with Gasteiger partial charge in [0.15, 0.2) is 5.82 Å². The minimum Gasteiger partial charge on any atom is -0.726 e. The second-order valence-corrected chi connectivity index (χ2v) is 6.31. The molecule has 1 N–H and O–H groups in total. The van der Waals surface area contributed by atoms with E-state index in [-0.39, 0.29) is 11.6 Å². The number of halogens is 1. The minimum atomic E-state index is -4.41. The fourth-order valence-corrected chi connectivity index (χ4v) is 1.74. The molecule has 27 heavy (non-hydrogen) atoms. The van der Waals surface area contributed by atoms with Gasteiger partial charge in [-0.25, -0.2) is 21.9 Å². The van der Waals surface area contributed by atoms with E-state index in [2.05, 4.69) is 19.7 Å². The largest absolute Gasteiger partial charge is 0.726 e. The van der Waals surface area contributed by atoms with Crippen LogP contribution >= 0.6 is 0 Å². The third kappa shape index (κ3) is 7.60. The maximum Gasteiger partial charge on any atom is 0.421 e. The number of aryl methyl sites for hydroxylation is 2. The van der Waals surface area contributed by atoms with Crippen LogP contribution in [0.25, 0.3) is 0 Å². The molecule has 148 valence electrons. The molecular formula is C15H20FN5O5S. The van der Waals surface area contributed by atoms with Gasteiger partial charge in [-0.2, -0.15) is 0 Å². The van der Waals surface area contributed by atoms with Crippen LogP contribution in [0.2, 0.25) is 0 Å². The molecule has 0 atom stereocenters. The highest BCUT2D eigenvalue weighted by Gasteiger charge is 2.12. The zero-order valence-corrected chi connectivity index (χ0v) is 16.0. The summed E-state index contributed by atoms with van der Waals surface area (Å²) in [5, 5.41) is 10.6. The van der Waals surface area contributed by atoms with E-state index >= 15 is 0 Å². The van der Waals surface area contributed by atoms with Crippen LogP contribution in [-0.2, 0) is 33.5 Å². The van der Waals surface area contributed by atoms with Crippen molar-refractivity contribution in [1.29, 1.82) is 0 Å². The molecule has 1 aromatic carbocycles. The molecule has 0 unspecified atom stereocenters. The summed E-state index contributed by atoms with van der Waals surface area (Å²) >= 11 is 0. The zero-order valence-electron chi connectivity index (χ0n) is 15.2. The molecule has 0 aliphatic carbocycles. The average molecular weight is 401 g/mol. The Morgan fingerprint density at radius 1 is 1.41 bits per heavy atom. The number of carbonyl (C=O) groups is 1. The number of aromatic nitrogens is 2. The number of anilines is 1. The summed E-state index contributed by atoms with van der Waals surface area (Å²) in [5.41, 5.74) is 0.568. The number of hydrogen-bond acceptors (Lipinski definition) is 7. The molecule has 0 fully saturated rings. The second-order valence-electron chi connectivity index (χ2n) is 5.16. The maximum atomic E-state index is 13.7. The molecule has 0 saturated carbocycles. The third-order valence-corrected chi connectivity index (χ3v) is 3.56. The first-order valence-corrected chi connectivity index (χ1v) is 8.94. The average Bonchev–Trinajstić information content (AvgIpc) is 2.93. The summed E-state index contributed by atoms with van der Waals surface area (Å²) in [6.07, 6.45) is 4.00. The normalized spacial score (nSPS) is 11.2. The number of hydrogen-bond donors (Lipinski definition) is 1. The van der Waals surface area contributed by atoms with E-state index in [0.717, 1.165) is 7.11 Å². The number of nitrogens with one attached hydrogen (secondary N) is 1. The highest BCUT2D eigenvalue weighted by Crippen LogP contribution is 2.24. The lowest BCUT2D eigenvalue weighted by Gasteiger charge is -2.03. The van der Waals surface area contributed by atoms with Crippen molar-refractivity contribution in [2.24, 2.45) is 24.3 Å². The first kappa shape index (κ1) is 22.3.